The minimum Gasteiger partial charge on any atom is -0.772 e. The number of hydrogen-bond donors (Lipinski definition) is 1. The zero-order valence-electron chi connectivity index (χ0n) is 17.1. The lowest BCUT2D eigenvalue weighted by Gasteiger charge is -2.15. The van der Waals surface area contributed by atoms with Gasteiger partial charge in [-0.2, -0.15) is 13.2 Å². The number of alkyl halides is 3. The van der Waals surface area contributed by atoms with Gasteiger partial charge < -0.3 is 9.87 Å². The summed E-state index contributed by atoms with van der Waals surface area (Å²) in [5.74, 6) is -0.892. The van der Waals surface area contributed by atoms with E-state index in [9.17, 15) is 31.5 Å². The first-order valence-corrected chi connectivity index (χ1v) is 11.1. The molecule has 0 aliphatic rings. The first-order valence-electron chi connectivity index (χ1n) is 9.49. The van der Waals surface area contributed by atoms with Crippen molar-refractivity contribution in [2.45, 2.75) is 25.4 Å². The van der Waals surface area contributed by atoms with Crippen LogP contribution in [0, 0.1) is 6.92 Å². The number of carbonyl (C=O) groups is 1. The summed E-state index contributed by atoms with van der Waals surface area (Å²) < 4.78 is 61.8. The van der Waals surface area contributed by atoms with Gasteiger partial charge in [-0.3, -0.25) is 18.4 Å². The first-order chi connectivity index (χ1) is 15.5. The van der Waals surface area contributed by atoms with Crippen LogP contribution in [0.4, 0.5) is 13.2 Å². The van der Waals surface area contributed by atoms with Crippen molar-refractivity contribution in [2.75, 3.05) is 0 Å². The van der Waals surface area contributed by atoms with E-state index in [-0.39, 0.29) is 34.3 Å². The van der Waals surface area contributed by atoms with Crippen molar-refractivity contribution in [3.63, 3.8) is 0 Å². The summed E-state index contributed by atoms with van der Waals surface area (Å²) in [7, 11) is 0. The molecule has 1 amide bonds. The first kappa shape index (κ1) is 24.7. The van der Waals surface area contributed by atoms with E-state index in [0.717, 1.165) is 22.8 Å². The lowest BCUT2D eigenvalue weighted by Crippen LogP contribution is -2.33. The van der Waals surface area contributed by atoms with Gasteiger partial charge in [-0.1, -0.05) is 53.0 Å². The predicted octanol–water partition coefficient (Wildman–Crippen LogP) is 4.13. The highest BCUT2D eigenvalue weighted by molar-refractivity contribution is 7.78. The Kier molecular flexibility index (Phi) is 7.41. The number of hydrogen-bond acceptors (Lipinski definition) is 4. The fourth-order valence-corrected chi connectivity index (χ4v) is 3.79. The Morgan fingerprint density at radius 2 is 1.76 bits per heavy atom. The molecule has 1 aromatic heterocycles. The normalized spacial score (nSPS) is 12.4. The van der Waals surface area contributed by atoms with Crippen molar-refractivity contribution in [3.05, 3.63) is 97.9 Å². The molecule has 174 valence electrons. The van der Waals surface area contributed by atoms with Gasteiger partial charge in [0.05, 0.1) is 10.6 Å². The number of carbonyl (C=O) groups excluding carboxylic acids is 1. The van der Waals surface area contributed by atoms with E-state index in [1.165, 1.54) is 19.1 Å². The quantitative estimate of drug-likeness (QED) is 0.518. The molecular weight excluding hydrogens is 481 g/mol. The molecule has 1 N–H and O–H groups in total. The van der Waals surface area contributed by atoms with Crippen LogP contribution in [-0.4, -0.2) is 19.2 Å². The molecule has 1 unspecified atom stereocenters. The Hall–Kier alpha value is -2.95. The van der Waals surface area contributed by atoms with E-state index >= 15 is 0 Å². The molecule has 3 aromatic rings. The van der Waals surface area contributed by atoms with Gasteiger partial charge in [0.25, 0.3) is 11.5 Å². The summed E-state index contributed by atoms with van der Waals surface area (Å²) in [6.45, 7) is 1.50. The van der Waals surface area contributed by atoms with Crippen LogP contribution in [-0.2, 0) is 29.6 Å². The number of benzene rings is 2. The molecule has 0 saturated heterocycles. The molecular formula is C22H17ClF3N2O4S-. The van der Waals surface area contributed by atoms with Crippen LogP contribution in [0.1, 0.15) is 32.7 Å². The molecule has 0 saturated carbocycles. The summed E-state index contributed by atoms with van der Waals surface area (Å²) in [4.78, 5) is 25.7. The summed E-state index contributed by atoms with van der Waals surface area (Å²) in [5, 5.41) is 2.60. The molecule has 3 rings (SSSR count). The fraction of sp³-hybridized carbons (Fsp3) is 0.182. The number of rotatable bonds is 6. The molecule has 0 radical (unpaired) electrons. The second-order valence-electron chi connectivity index (χ2n) is 7.13. The minimum absolute atomic E-state index is 0.0344. The van der Waals surface area contributed by atoms with Crippen molar-refractivity contribution in [3.8, 4) is 5.69 Å². The van der Waals surface area contributed by atoms with Crippen molar-refractivity contribution < 1.29 is 26.7 Å². The highest BCUT2D eigenvalue weighted by Gasteiger charge is 2.31. The lowest BCUT2D eigenvalue weighted by molar-refractivity contribution is -0.137. The fourth-order valence-electron chi connectivity index (χ4n) is 3.13. The van der Waals surface area contributed by atoms with E-state index < -0.39 is 34.3 Å². The summed E-state index contributed by atoms with van der Waals surface area (Å²) in [5.41, 5.74) is -0.753. The minimum atomic E-state index is -4.61. The molecule has 0 aliphatic heterocycles. The maximum atomic E-state index is 13.1. The molecule has 2 aromatic carbocycles. The number of nitrogens with one attached hydrogen (secondary N) is 1. The molecule has 6 nitrogen and oxygen atoms in total. The summed E-state index contributed by atoms with van der Waals surface area (Å²) >= 11 is 3.96. The van der Waals surface area contributed by atoms with Crippen molar-refractivity contribution in [2.24, 2.45) is 0 Å². The molecule has 1 heterocycles. The third-order valence-electron chi connectivity index (χ3n) is 4.82. The van der Waals surface area contributed by atoms with E-state index in [1.54, 1.807) is 24.3 Å². The van der Waals surface area contributed by atoms with Gasteiger partial charge in [0.1, 0.15) is 5.56 Å². The van der Waals surface area contributed by atoms with Gasteiger partial charge in [-0.15, -0.1) is 0 Å². The SMILES string of the molecule is Cc1c(Cl)cc(C(=O)NCc2ccc(CS(=O)[O-])cc2)c(=O)n1-c1cccc(C(F)(F)F)c1. The van der Waals surface area contributed by atoms with Crippen LogP contribution in [0.3, 0.4) is 0 Å². The van der Waals surface area contributed by atoms with E-state index in [0.29, 0.717) is 11.1 Å². The van der Waals surface area contributed by atoms with E-state index in [2.05, 4.69) is 5.32 Å². The second-order valence-corrected chi connectivity index (χ2v) is 8.43. The van der Waals surface area contributed by atoms with Gasteiger partial charge in [-0.05, 0) is 42.3 Å². The monoisotopic (exact) mass is 497 g/mol. The Labute approximate surface area is 194 Å². The van der Waals surface area contributed by atoms with Crippen LogP contribution in [0.5, 0.6) is 0 Å². The maximum absolute atomic E-state index is 13.1. The Morgan fingerprint density at radius 1 is 1.12 bits per heavy atom. The molecule has 0 bridgehead atoms. The number of pyridine rings is 1. The number of nitrogens with zero attached hydrogens (tertiary/aromatic N) is 1. The van der Waals surface area contributed by atoms with E-state index in [1.807, 2.05) is 0 Å². The molecule has 0 spiro atoms. The average molecular weight is 498 g/mol. The molecule has 1 atom stereocenters. The third kappa shape index (κ3) is 5.89. The standard InChI is InChI=1S/C22H18ClF3N2O4S/c1-13-19(23)10-18(20(29)27-11-14-5-7-15(8-6-14)12-33(31)32)21(30)28(13)17-4-2-3-16(9-17)22(24,25)26/h2-10H,11-12H2,1H3,(H,27,29)(H,31,32)/p-1. The van der Waals surface area contributed by atoms with Crippen molar-refractivity contribution in [1.82, 2.24) is 9.88 Å². The van der Waals surface area contributed by atoms with Gasteiger partial charge in [0.2, 0.25) is 0 Å². The number of halogens is 4. The second kappa shape index (κ2) is 9.90. The Balaban J connectivity index is 1.89. The van der Waals surface area contributed by atoms with Gasteiger partial charge >= 0.3 is 6.18 Å². The van der Waals surface area contributed by atoms with Crippen LogP contribution >= 0.6 is 11.6 Å². The molecule has 11 heteroatoms. The van der Waals surface area contributed by atoms with Gasteiger partial charge in [-0.25, -0.2) is 0 Å². The summed E-state index contributed by atoms with van der Waals surface area (Å²) in [6, 6.07) is 11.8. The molecule has 33 heavy (non-hydrogen) atoms. The van der Waals surface area contributed by atoms with Gasteiger partial charge in [0, 0.05) is 23.7 Å². The van der Waals surface area contributed by atoms with Crippen molar-refractivity contribution in [1.29, 1.82) is 0 Å². The smallest absolute Gasteiger partial charge is 0.416 e. The Bertz CT molecular complexity index is 1270. The molecule has 0 aliphatic carbocycles. The topological polar surface area (TPSA) is 91.2 Å². The van der Waals surface area contributed by atoms with E-state index in [4.69, 9.17) is 11.6 Å². The zero-order valence-corrected chi connectivity index (χ0v) is 18.7. The Morgan fingerprint density at radius 3 is 2.36 bits per heavy atom. The molecule has 0 fully saturated rings. The highest BCUT2D eigenvalue weighted by Crippen LogP contribution is 2.30. The van der Waals surface area contributed by atoms with Crippen molar-refractivity contribution >= 4 is 28.6 Å². The maximum Gasteiger partial charge on any atom is 0.416 e. The lowest BCUT2D eigenvalue weighted by atomic mass is 10.1. The summed E-state index contributed by atoms with van der Waals surface area (Å²) in [6.07, 6.45) is -4.61. The third-order valence-corrected chi connectivity index (χ3v) is 5.77. The predicted molar refractivity (Wildman–Crippen MR) is 117 cm³/mol. The van der Waals surface area contributed by atoms with Gasteiger partial charge in [0.15, 0.2) is 0 Å². The average Bonchev–Trinajstić information content (AvgIpc) is 2.75. The van der Waals surface area contributed by atoms with Crippen LogP contribution in [0.15, 0.2) is 59.4 Å². The highest BCUT2D eigenvalue weighted by atomic mass is 35.5. The zero-order chi connectivity index (χ0) is 24.3. The largest absolute Gasteiger partial charge is 0.772 e. The van der Waals surface area contributed by atoms with Crippen LogP contribution in [0.2, 0.25) is 5.02 Å². The number of amides is 1. The van der Waals surface area contributed by atoms with Crippen LogP contribution < -0.4 is 10.9 Å². The number of aromatic nitrogens is 1. The van der Waals surface area contributed by atoms with Crippen LogP contribution in [0.25, 0.3) is 5.69 Å².